The van der Waals surface area contributed by atoms with E-state index in [1.165, 1.54) is 5.56 Å². The molecule has 0 bridgehead atoms. The van der Waals surface area contributed by atoms with Crippen LogP contribution in [-0.2, 0) is 0 Å². The van der Waals surface area contributed by atoms with Gasteiger partial charge in [0.1, 0.15) is 30.3 Å². The molecule has 0 aromatic heterocycles. The predicted molar refractivity (Wildman–Crippen MR) is 108 cm³/mol. The molecule has 2 aromatic carbocycles. The highest BCUT2D eigenvalue weighted by atomic mass is 16.5. The summed E-state index contributed by atoms with van der Waals surface area (Å²) in [6.45, 7) is 8.44. The van der Waals surface area contributed by atoms with Gasteiger partial charge in [0.15, 0.2) is 0 Å². The Hall–Kier alpha value is -2.04. The molecule has 0 aliphatic heterocycles. The van der Waals surface area contributed by atoms with Crippen molar-refractivity contribution in [2.24, 2.45) is 0 Å². The molecule has 3 N–H and O–H groups in total. The van der Waals surface area contributed by atoms with Gasteiger partial charge >= 0.3 is 0 Å². The Kier molecular flexibility index (Phi) is 7.69. The topological polar surface area (TPSA) is 69.9 Å². The first kappa shape index (κ1) is 21.3. The summed E-state index contributed by atoms with van der Waals surface area (Å²) in [5.41, 5.74) is 2.60. The lowest BCUT2D eigenvalue weighted by Gasteiger charge is -2.21. The van der Waals surface area contributed by atoms with E-state index < -0.39 is 12.2 Å². The zero-order valence-electron chi connectivity index (χ0n) is 16.7. The molecule has 4 unspecified atom stereocenters. The number of rotatable bonds is 9. The van der Waals surface area contributed by atoms with Gasteiger partial charge in [0.25, 0.3) is 0 Å². The Labute approximate surface area is 162 Å². The van der Waals surface area contributed by atoms with E-state index in [-0.39, 0.29) is 12.4 Å². The predicted octanol–water partition coefficient (Wildman–Crippen LogP) is 4.89. The molecular formula is C23H32O4. The zero-order chi connectivity index (χ0) is 20.0. The summed E-state index contributed by atoms with van der Waals surface area (Å²) in [5, 5.41) is 30.9. The Balaban J connectivity index is 2.02. The summed E-state index contributed by atoms with van der Waals surface area (Å²) in [6.07, 6.45) is -0.325. The van der Waals surface area contributed by atoms with E-state index in [0.29, 0.717) is 23.1 Å². The molecular weight excluding hydrogens is 340 g/mol. The summed E-state index contributed by atoms with van der Waals surface area (Å²) in [5.74, 6) is 1.43. The van der Waals surface area contributed by atoms with Crippen LogP contribution >= 0.6 is 0 Å². The smallest absolute Gasteiger partial charge is 0.121 e. The van der Waals surface area contributed by atoms with Crippen LogP contribution in [0.4, 0.5) is 0 Å². The van der Waals surface area contributed by atoms with Crippen molar-refractivity contribution in [2.75, 3.05) is 6.61 Å². The molecule has 0 spiro atoms. The van der Waals surface area contributed by atoms with Gasteiger partial charge in [0, 0.05) is 5.56 Å². The van der Waals surface area contributed by atoms with E-state index in [1.54, 1.807) is 12.1 Å². The molecule has 2 aromatic rings. The fourth-order valence-corrected chi connectivity index (χ4v) is 2.96. The molecule has 0 heterocycles. The van der Waals surface area contributed by atoms with Crippen molar-refractivity contribution in [3.63, 3.8) is 0 Å². The first-order valence-corrected chi connectivity index (χ1v) is 9.79. The molecule has 27 heavy (non-hydrogen) atoms. The van der Waals surface area contributed by atoms with Gasteiger partial charge in [-0.2, -0.15) is 0 Å². The fourth-order valence-electron chi connectivity index (χ4n) is 2.96. The summed E-state index contributed by atoms with van der Waals surface area (Å²) in [7, 11) is 0. The highest BCUT2D eigenvalue weighted by Crippen LogP contribution is 2.31. The van der Waals surface area contributed by atoms with Crippen LogP contribution in [0.5, 0.6) is 11.5 Å². The quantitative estimate of drug-likeness (QED) is 0.586. The average molecular weight is 373 g/mol. The van der Waals surface area contributed by atoms with Crippen molar-refractivity contribution in [1.82, 2.24) is 0 Å². The minimum absolute atomic E-state index is 0.0218. The highest BCUT2D eigenvalue weighted by molar-refractivity contribution is 5.39. The maximum absolute atomic E-state index is 10.5. The van der Waals surface area contributed by atoms with Gasteiger partial charge < -0.3 is 20.1 Å². The van der Waals surface area contributed by atoms with Crippen molar-refractivity contribution in [3.05, 3.63) is 59.2 Å². The molecule has 0 fully saturated rings. The number of ether oxygens (including phenoxy) is 1. The van der Waals surface area contributed by atoms with Gasteiger partial charge in [0.2, 0.25) is 0 Å². The Morgan fingerprint density at radius 3 is 2.00 bits per heavy atom. The van der Waals surface area contributed by atoms with Gasteiger partial charge in [-0.3, -0.25) is 0 Å². The normalized spacial score (nSPS) is 15.8. The van der Waals surface area contributed by atoms with Crippen molar-refractivity contribution in [1.29, 1.82) is 0 Å². The first-order valence-electron chi connectivity index (χ1n) is 9.79. The minimum atomic E-state index is -1.21. The number of phenolic OH excluding ortho intramolecular Hbond substituents is 1. The van der Waals surface area contributed by atoms with Crippen LogP contribution in [-0.4, -0.2) is 28.0 Å². The van der Waals surface area contributed by atoms with Crippen LogP contribution in [0.3, 0.4) is 0 Å². The average Bonchev–Trinajstić information content (AvgIpc) is 2.70. The summed E-state index contributed by atoms with van der Waals surface area (Å²) >= 11 is 0. The van der Waals surface area contributed by atoms with Crippen LogP contribution in [0.15, 0.2) is 42.5 Å². The third-order valence-electron chi connectivity index (χ3n) is 5.40. The maximum atomic E-state index is 10.5. The highest BCUT2D eigenvalue weighted by Gasteiger charge is 2.23. The van der Waals surface area contributed by atoms with Gasteiger partial charge in [-0.1, -0.05) is 45.9 Å². The van der Waals surface area contributed by atoms with Gasteiger partial charge in [-0.15, -0.1) is 0 Å². The number of aliphatic hydroxyl groups is 2. The monoisotopic (exact) mass is 372 g/mol. The second-order valence-corrected chi connectivity index (χ2v) is 7.33. The standard InChI is InChI=1S/C23H32O4/c1-5-15(3)17-7-10-19(11-8-17)27-14-22(25)23(26)20-13-18(16(4)6-2)9-12-21(20)24/h7-13,15-16,22-26H,5-6,14H2,1-4H3. The Morgan fingerprint density at radius 1 is 0.852 bits per heavy atom. The summed E-state index contributed by atoms with van der Waals surface area (Å²) in [6, 6.07) is 13.0. The maximum Gasteiger partial charge on any atom is 0.121 e. The molecule has 0 aliphatic carbocycles. The molecule has 0 saturated carbocycles. The van der Waals surface area contributed by atoms with E-state index in [0.717, 1.165) is 18.4 Å². The number of benzene rings is 2. The van der Waals surface area contributed by atoms with Crippen LogP contribution in [0.1, 0.15) is 75.2 Å². The third kappa shape index (κ3) is 5.47. The van der Waals surface area contributed by atoms with E-state index in [9.17, 15) is 15.3 Å². The van der Waals surface area contributed by atoms with E-state index in [2.05, 4.69) is 27.7 Å². The van der Waals surface area contributed by atoms with Crippen molar-refractivity contribution >= 4 is 0 Å². The third-order valence-corrected chi connectivity index (χ3v) is 5.40. The summed E-state index contributed by atoms with van der Waals surface area (Å²) in [4.78, 5) is 0. The SMILES string of the molecule is CCC(C)c1ccc(OCC(O)C(O)c2cc(C(C)CC)ccc2O)cc1. The Morgan fingerprint density at radius 2 is 1.41 bits per heavy atom. The van der Waals surface area contributed by atoms with E-state index in [1.807, 2.05) is 30.3 Å². The molecule has 0 saturated heterocycles. The molecule has 4 nitrogen and oxygen atoms in total. The van der Waals surface area contributed by atoms with E-state index >= 15 is 0 Å². The lowest BCUT2D eigenvalue weighted by molar-refractivity contribution is -0.0101. The molecule has 0 aliphatic rings. The van der Waals surface area contributed by atoms with Crippen molar-refractivity contribution in [2.45, 2.75) is 64.6 Å². The van der Waals surface area contributed by atoms with Gasteiger partial charge in [-0.25, -0.2) is 0 Å². The van der Waals surface area contributed by atoms with Gasteiger partial charge in [-0.05, 0) is 60.1 Å². The number of phenols is 1. The number of aromatic hydroxyl groups is 1. The lowest BCUT2D eigenvalue weighted by Crippen LogP contribution is -2.25. The molecule has 148 valence electrons. The lowest BCUT2D eigenvalue weighted by atomic mass is 9.93. The molecule has 4 heteroatoms. The Bertz CT molecular complexity index is 711. The molecule has 0 amide bonds. The summed E-state index contributed by atoms with van der Waals surface area (Å²) < 4.78 is 5.63. The van der Waals surface area contributed by atoms with Crippen LogP contribution < -0.4 is 4.74 Å². The van der Waals surface area contributed by atoms with E-state index in [4.69, 9.17) is 4.74 Å². The second kappa shape index (κ2) is 9.77. The van der Waals surface area contributed by atoms with Crippen LogP contribution in [0.2, 0.25) is 0 Å². The first-order chi connectivity index (χ1) is 12.9. The number of aliphatic hydroxyl groups excluding tert-OH is 2. The minimum Gasteiger partial charge on any atom is -0.508 e. The zero-order valence-corrected chi connectivity index (χ0v) is 16.7. The molecule has 0 radical (unpaired) electrons. The number of hydrogen-bond donors (Lipinski definition) is 3. The molecule has 2 rings (SSSR count). The second-order valence-electron chi connectivity index (χ2n) is 7.33. The number of hydrogen-bond acceptors (Lipinski definition) is 4. The van der Waals surface area contributed by atoms with Crippen LogP contribution in [0, 0.1) is 0 Å². The van der Waals surface area contributed by atoms with Crippen molar-refractivity contribution < 1.29 is 20.1 Å². The van der Waals surface area contributed by atoms with Gasteiger partial charge in [0.05, 0.1) is 0 Å². The van der Waals surface area contributed by atoms with Crippen molar-refractivity contribution in [3.8, 4) is 11.5 Å². The van der Waals surface area contributed by atoms with Crippen LogP contribution in [0.25, 0.3) is 0 Å². The molecule has 4 atom stereocenters. The fraction of sp³-hybridized carbons (Fsp3) is 0.478. The largest absolute Gasteiger partial charge is 0.508 e.